The highest BCUT2D eigenvalue weighted by atomic mass is 32.1. The Bertz CT molecular complexity index is 1210. The van der Waals surface area contributed by atoms with Crippen molar-refractivity contribution in [3.8, 4) is 11.5 Å². The molecule has 1 aliphatic heterocycles. The number of hydrogen-bond donors (Lipinski definition) is 0. The number of thiazole rings is 1. The molecular weight excluding hydrogens is 386 g/mol. The topological polar surface area (TPSA) is 64.6 Å². The van der Waals surface area contributed by atoms with Gasteiger partial charge < -0.3 is 9.47 Å². The van der Waals surface area contributed by atoms with Gasteiger partial charge in [-0.15, -0.1) is 0 Å². The van der Waals surface area contributed by atoms with Gasteiger partial charge in [-0.05, 0) is 55.0 Å². The van der Waals surface area contributed by atoms with Crippen LogP contribution < -0.4 is 14.4 Å². The van der Waals surface area contributed by atoms with Gasteiger partial charge in [0.2, 0.25) is 6.79 Å². The average Bonchev–Trinajstić information content (AvgIpc) is 3.38. The molecule has 6 nitrogen and oxygen atoms in total. The lowest BCUT2D eigenvalue weighted by Gasteiger charge is -2.19. The number of hydrogen-bond acceptors (Lipinski definition) is 6. The third kappa shape index (κ3) is 3.40. The van der Waals surface area contributed by atoms with E-state index in [2.05, 4.69) is 11.1 Å². The fourth-order valence-corrected chi connectivity index (χ4v) is 4.26. The first-order valence-electron chi connectivity index (χ1n) is 9.16. The second-order valence-electron chi connectivity index (χ2n) is 6.75. The Morgan fingerprint density at radius 2 is 2.00 bits per heavy atom. The highest BCUT2D eigenvalue weighted by molar-refractivity contribution is 7.22. The number of anilines is 1. The summed E-state index contributed by atoms with van der Waals surface area (Å²) >= 11 is 1.50. The van der Waals surface area contributed by atoms with Crippen LogP contribution in [-0.4, -0.2) is 22.7 Å². The predicted octanol–water partition coefficient (Wildman–Crippen LogP) is 4.58. The van der Waals surface area contributed by atoms with E-state index in [4.69, 9.17) is 14.5 Å². The molecule has 2 aromatic carbocycles. The van der Waals surface area contributed by atoms with Crippen LogP contribution in [0.1, 0.15) is 21.6 Å². The summed E-state index contributed by atoms with van der Waals surface area (Å²) in [6.45, 7) is 2.54. The number of carbonyl (C=O) groups excluding carboxylic acids is 1. The Balaban J connectivity index is 1.56. The van der Waals surface area contributed by atoms with Gasteiger partial charge in [-0.3, -0.25) is 14.7 Å². The van der Waals surface area contributed by atoms with Gasteiger partial charge in [0.05, 0.1) is 22.5 Å². The molecule has 3 heterocycles. The largest absolute Gasteiger partial charge is 0.454 e. The Hall–Kier alpha value is -3.45. The van der Waals surface area contributed by atoms with Gasteiger partial charge in [0.15, 0.2) is 16.6 Å². The first kappa shape index (κ1) is 17.6. The zero-order valence-corrected chi connectivity index (χ0v) is 16.5. The second kappa shape index (κ2) is 7.18. The molecule has 0 fully saturated rings. The molecule has 0 atom stereocenters. The van der Waals surface area contributed by atoms with E-state index in [1.54, 1.807) is 29.3 Å². The average molecular weight is 403 g/mol. The predicted molar refractivity (Wildman–Crippen MR) is 112 cm³/mol. The number of carbonyl (C=O) groups is 1. The minimum atomic E-state index is -0.162. The third-order valence-corrected chi connectivity index (χ3v) is 5.72. The molecule has 144 valence electrons. The van der Waals surface area contributed by atoms with Crippen molar-refractivity contribution < 1.29 is 14.3 Å². The highest BCUT2D eigenvalue weighted by Gasteiger charge is 2.24. The van der Waals surface area contributed by atoms with Crippen LogP contribution in [0.15, 0.2) is 60.8 Å². The molecule has 0 N–H and O–H groups in total. The van der Waals surface area contributed by atoms with Crippen molar-refractivity contribution in [2.75, 3.05) is 11.7 Å². The van der Waals surface area contributed by atoms with Crippen LogP contribution in [-0.2, 0) is 6.54 Å². The van der Waals surface area contributed by atoms with Crippen molar-refractivity contribution in [3.63, 3.8) is 0 Å². The molecule has 0 saturated heterocycles. The number of ether oxygens (including phenoxy) is 2. The first-order valence-corrected chi connectivity index (χ1v) is 9.98. The Labute approximate surface area is 171 Å². The number of fused-ring (bicyclic) bond motifs is 2. The maximum absolute atomic E-state index is 13.5. The van der Waals surface area contributed by atoms with E-state index in [1.165, 1.54) is 11.3 Å². The van der Waals surface area contributed by atoms with Crippen LogP contribution in [0.25, 0.3) is 10.2 Å². The molecule has 1 aliphatic rings. The standard InChI is InChI=1S/C22H17N3O3S/c1-14-5-7-17-20(10-14)29-22(24-17)25(12-16-4-2-3-9-23-16)21(26)15-6-8-18-19(11-15)28-13-27-18/h2-11H,12-13H2,1H3. The molecule has 0 spiro atoms. The molecule has 0 unspecified atom stereocenters. The molecule has 5 rings (SSSR count). The van der Waals surface area contributed by atoms with Gasteiger partial charge in [0, 0.05) is 11.8 Å². The minimum absolute atomic E-state index is 0.162. The van der Waals surface area contributed by atoms with E-state index < -0.39 is 0 Å². The van der Waals surface area contributed by atoms with Crippen LogP contribution in [0.2, 0.25) is 0 Å². The minimum Gasteiger partial charge on any atom is -0.454 e. The summed E-state index contributed by atoms with van der Waals surface area (Å²) in [4.78, 5) is 24.2. The lowest BCUT2D eigenvalue weighted by molar-refractivity contribution is 0.0984. The summed E-state index contributed by atoms with van der Waals surface area (Å²) in [6, 6.07) is 17.0. The molecule has 0 aliphatic carbocycles. The van der Waals surface area contributed by atoms with Crippen LogP contribution >= 0.6 is 11.3 Å². The number of rotatable bonds is 4. The van der Waals surface area contributed by atoms with E-state index in [0.717, 1.165) is 21.5 Å². The quantitative estimate of drug-likeness (QED) is 0.499. The van der Waals surface area contributed by atoms with E-state index in [9.17, 15) is 4.79 Å². The molecule has 0 radical (unpaired) electrons. The van der Waals surface area contributed by atoms with Gasteiger partial charge in [-0.2, -0.15) is 0 Å². The summed E-state index contributed by atoms with van der Waals surface area (Å²) in [5, 5.41) is 0.638. The number of pyridine rings is 1. The van der Waals surface area contributed by atoms with Crippen molar-refractivity contribution in [2.24, 2.45) is 0 Å². The van der Waals surface area contributed by atoms with Gasteiger partial charge in [-0.25, -0.2) is 4.98 Å². The van der Waals surface area contributed by atoms with Gasteiger partial charge in [-0.1, -0.05) is 23.5 Å². The third-order valence-electron chi connectivity index (χ3n) is 4.67. The number of aryl methyl sites for hydroxylation is 1. The Kier molecular flexibility index (Phi) is 4.37. The molecule has 1 amide bonds. The van der Waals surface area contributed by atoms with E-state index in [-0.39, 0.29) is 12.7 Å². The first-order chi connectivity index (χ1) is 14.2. The van der Waals surface area contributed by atoms with Crippen LogP contribution in [0.4, 0.5) is 5.13 Å². The molecule has 0 bridgehead atoms. The molecule has 29 heavy (non-hydrogen) atoms. The van der Waals surface area contributed by atoms with Gasteiger partial charge in [0.25, 0.3) is 5.91 Å². The Morgan fingerprint density at radius 1 is 1.10 bits per heavy atom. The number of aromatic nitrogens is 2. The van der Waals surface area contributed by atoms with Crippen LogP contribution in [0.3, 0.4) is 0 Å². The molecule has 4 aromatic rings. The summed E-state index contributed by atoms with van der Waals surface area (Å²) in [5.41, 5.74) is 3.34. The summed E-state index contributed by atoms with van der Waals surface area (Å²) in [5.74, 6) is 1.06. The smallest absolute Gasteiger partial charge is 0.260 e. The van der Waals surface area contributed by atoms with Crippen LogP contribution in [0.5, 0.6) is 11.5 Å². The van der Waals surface area contributed by atoms with E-state index in [0.29, 0.717) is 28.7 Å². The fourth-order valence-electron chi connectivity index (χ4n) is 3.20. The maximum Gasteiger partial charge on any atom is 0.260 e. The summed E-state index contributed by atoms with van der Waals surface area (Å²) in [7, 11) is 0. The van der Waals surface area contributed by atoms with Gasteiger partial charge in [0.1, 0.15) is 0 Å². The zero-order valence-electron chi connectivity index (χ0n) is 15.7. The lowest BCUT2D eigenvalue weighted by Crippen LogP contribution is -2.30. The van der Waals surface area contributed by atoms with Crippen molar-refractivity contribution in [2.45, 2.75) is 13.5 Å². The fraction of sp³-hybridized carbons (Fsp3) is 0.136. The summed E-state index contributed by atoms with van der Waals surface area (Å²) < 4.78 is 11.8. The normalized spacial score (nSPS) is 12.3. The van der Waals surface area contributed by atoms with E-state index in [1.807, 2.05) is 37.3 Å². The Morgan fingerprint density at radius 3 is 2.86 bits per heavy atom. The highest BCUT2D eigenvalue weighted by Crippen LogP contribution is 2.35. The number of nitrogens with zero attached hydrogens (tertiary/aromatic N) is 3. The zero-order chi connectivity index (χ0) is 19.8. The SMILES string of the molecule is Cc1ccc2nc(N(Cc3ccccn3)C(=O)c3ccc4c(c3)OCO4)sc2c1. The number of amides is 1. The van der Waals surface area contributed by atoms with Crippen molar-refractivity contribution in [1.29, 1.82) is 0 Å². The molecule has 7 heteroatoms. The van der Waals surface area contributed by atoms with Gasteiger partial charge >= 0.3 is 0 Å². The molecule has 0 saturated carbocycles. The second-order valence-corrected chi connectivity index (χ2v) is 7.76. The van der Waals surface area contributed by atoms with Crippen LogP contribution in [0, 0.1) is 6.92 Å². The molecule has 2 aromatic heterocycles. The maximum atomic E-state index is 13.5. The van der Waals surface area contributed by atoms with Crippen molar-refractivity contribution >= 4 is 32.6 Å². The van der Waals surface area contributed by atoms with Crippen molar-refractivity contribution in [1.82, 2.24) is 9.97 Å². The van der Waals surface area contributed by atoms with E-state index >= 15 is 0 Å². The summed E-state index contributed by atoms with van der Waals surface area (Å²) in [6.07, 6.45) is 1.72. The number of benzene rings is 2. The van der Waals surface area contributed by atoms with Crippen molar-refractivity contribution in [3.05, 3.63) is 77.6 Å². The lowest BCUT2D eigenvalue weighted by atomic mass is 10.1. The molecular formula is C22H17N3O3S. The monoisotopic (exact) mass is 403 g/mol.